The third-order valence-electron chi connectivity index (χ3n) is 2.34. The van der Waals surface area contributed by atoms with Crippen LogP contribution in [0.15, 0.2) is 6.33 Å². The summed E-state index contributed by atoms with van der Waals surface area (Å²) < 4.78 is 1.60. The first-order valence-corrected chi connectivity index (χ1v) is 4.53. The molecule has 1 aromatic heterocycles. The van der Waals surface area contributed by atoms with E-state index in [0.717, 1.165) is 25.9 Å². The molecule has 0 spiro atoms. The van der Waals surface area contributed by atoms with Gasteiger partial charge in [0.25, 0.3) is 0 Å². The molecule has 0 saturated carbocycles. The molecule has 1 aromatic rings. The van der Waals surface area contributed by atoms with Crippen LogP contribution < -0.4 is 5.32 Å². The van der Waals surface area contributed by atoms with Crippen molar-refractivity contribution in [2.24, 2.45) is 0 Å². The molecule has 2 heterocycles. The number of aromatic nitrogens is 3. The summed E-state index contributed by atoms with van der Waals surface area (Å²) >= 11 is 0. The minimum atomic E-state index is -0.572. The molecule has 1 saturated heterocycles. The van der Waals surface area contributed by atoms with Gasteiger partial charge < -0.3 is 15.4 Å². The van der Waals surface area contributed by atoms with Crippen molar-refractivity contribution in [3.8, 4) is 0 Å². The average Bonchev–Trinajstić information content (AvgIpc) is 2.68. The summed E-state index contributed by atoms with van der Waals surface area (Å²) in [6, 6.07) is 0.248. The lowest BCUT2D eigenvalue weighted by molar-refractivity contribution is -0.394. The number of nitrogens with zero attached hydrogens (tertiary/aromatic N) is 4. The van der Waals surface area contributed by atoms with Crippen LogP contribution in [-0.2, 0) is 0 Å². The maximum atomic E-state index is 10.4. The number of hydrogen-bond donors (Lipinski definition) is 1. The Hall–Kier alpha value is -1.50. The zero-order valence-electron chi connectivity index (χ0n) is 7.59. The molecule has 1 aliphatic heterocycles. The van der Waals surface area contributed by atoms with Gasteiger partial charge in [-0.3, -0.25) is 0 Å². The van der Waals surface area contributed by atoms with Gasteiger partial charge in [0, 0.05) is 5.10 Å². The van der Waals surface area contributed by atoms with Gasteiger partial charge in [-0.15, -0.1) is 0 Å². The Labute approximate surface area is 80.3 Å². The minimum absolute atomic E-state index is 0.248. The van der Waals surface area contributed by atoms with Gasteiger partial charge in [0.05, 0.1) is 6.04 Å². The Morgan fingerprint density at radius 3 is 2.86 bits per heavy atom. The van der Waals surface area contributed by atoms with Crippen molar-refractivity contribution >= 4 is 5.95 Å². The third kappa shape index (κ3) is 1.72. The highest BCUT2D eigenvalue weighted by atomic mass is 16.6. The molecule has 1 aliphatic rings. The van der Waals surface area contributed by atoms with Gasteiger partial charge >= 0.3 is 5.95 Å². The summed E-state index contributed by atoms with van der Waals surface area (Å²) in [7, 11) is 0. The van der Waals surface area contributed by atoms with Gasteiger partial charge in [-0.1, -0.05) is 4.98 Å². The van der Waals surface area contributed by atoms with E-state index in [0.29, 0.717) is 0 Å². The average molecular weight is 197 g/mol. The Bertz CT molecular complexity index is 331. The smallest absolute Gasteiger partial charge is 0.390 e. The fourth-order valence-electron chi connectivity index (χ4n) is 1.60. The Morgan fingerprint density at radius 1 is 1.57 bits per heavy atom. The highest BCUT2D eigenvalue weighted by Crippen LogP contribution is 2.17. The number of nitrogens with one attached hydrogen (secondary N) is 1. The molecule has 14 heavy (non-hydrogen) atoms. The van der Waals surface area contributed by atoms with E-state index in [4.69, 9.17) is 0 Å². The highest BCUT2D eigenvalue weighted by Gasteiger charge is 2.21. The van der Waals surface area contributed by atoms with Crippen molar-refractivity contribution in [1.82, 2.24) is 20.1 Å². The monoisotopic (exact) mass is 197 g/mol. The van der Waals surface area contributed by atoms with E-state index in [2.05, 4.69) is 15.4 Å². The van der Waals surface area contributed by atoms with Crippen LogP contribution in [0.2, 0.25) is 0 Å². The standard InChI is InChI=1S/C7H11N5O2/c13-12(14)7-9-5-11(10-7)6-1-3-8-4-2-6/h5-6,8H,1-4H2. The predicted molar refractivity (Wildman–Crippen MR) is 47.8 cm³/mol. The molecule has 7 heteroatoms. The lowest BCUT2D eigenvalue weighted by Crippen LogP contribution is -2.29. The van der Waals surface area contributed by atoms with Crippen molar-refractivity contribution in [2.45, 2.75) is 18.9 Å². The lowest BCUT2D eigenvalue weighted by atomic mass is 10.1. The second-order valence-electron chi connectivity index (χ2n) is 3.26. The molecule has 0 atom stereocenters. The first-order valence-electron chi connectivity index (χ1n) is 4.53. The van der Waals surface area contributed by atoms with Gasteiger partial charge in [-0.25, -0.2) is 0 Å². The zero-order chi connectivity index (χ0) is 9.97. The van der Waals surface area contributed by atoms with Crippen molar-refractivity contribution in [1.29, 1.82) is 0 Å². The molecule has 2 rings (SSSR count). The topological polar surface area (TPSA) is 85.9 Å². The normalized spacial score (nSPS) is 18.3. The van der Waals surface area contributed by atoms with Crippen LogP contribution in [0.3, 0.4) is 0 Å². The largest absolute Gasteiger partial charge is 0.490 e. The van der Waals surface area contributed by atoms with Crippen molar-refractivity contribution in [3.63, 3.8) is 0 Å². The summed E-state index contributed by atoms with van der Waals surface area (Å²) in [5.41, 5.74) is 0. The molecule has 7 nitrogen and oxygen atoms in total. The quantitative estimate of drug-likeness (QED) is 0.537. The third-order valence-corrected chi connectivity index (χ3v) is 2.34. The first-order chi connectivity index (χ1) is 6.77. The van der Waals surface area contributed by atoms with E-state index in [1.807, 2.05) is 0 Å². The van der Waals surface area contributed by atoms with Crippen LogP contribution in [0, 0.1) is 10.1 Å². The van der Waals surface area contributed by atoms with E-state index in [1.54, 1.807) is 4.68 Å². The van der Waals surface area contributed by atoms with E-state index >= 15 is 0 Å². The number of piperidine rings is 1. The van der Waals surface area contributed by atoms with Gasteiger partial charge in [-0.05, 0) is 30.9 Å². The van der Waals surface area contributed by atoms with Gasteiger partial charge in [0.2, 0.25) is 6.33 Å². The Morgan fingerprint density at radius 2 is 2.29 bits per heavy atom. The molecule has 76 valence electrons. The van der Waals surface area contributed by atoms with E-state index in [9.17, 15) is 10.1 Å². The van der Waals surface area contributed by atoms with Crippen LogP contribution in [0.25, 0.3) is 0 Å². The van der Waals surface area contributed by atoms with Gasteiger partial charge in [-0.2, -0.15) is 4.68 Å². The summed E-state index contributed by atoms with van der Waals surface area (Å²) in [6.07, 6.45) is 3.33. The van der Waals surface area contributed by atoms with Gasteiger partial charge in [0.1, 0.15) is 0 Å². The molecular formula is C7H11N5O2. The number of rotatable bonds is 2. The fraction of sp³-hybridized carbons (Fsp3) is 0.714. The molecule has 0 aliphatic carbocycles. The molecule has 0 unspecified atom stereocenters. The van der Waals surface area contributed by atoms with Crippen molar-refractivity contribution in [3.05, 3.63) is 16.4 Å². The minimum Gasteiger partial charge on any atom is -0.390 e. The molecule has 0 aromatic carbocycles. The summed E-state index contributed by atoms with van der Waals surface area (Å²) in [5, 5.41) is 17.4. The van der Waals surface area contributed by atoms with Crippen LogP contribution in [-0.4, -0.2) is 32.8 Å². The van der Waals surface area contributed by atoms with E-state index in [1.165, 1.54) is 6.33 Å². The SMILES string of the molecule is O=[N+]([O-])c1ncn(C2CCNCC2)n1. The number of hydrogen-bond acceptors (Lipinski definition) is 5. The Balaban J connectivity index is 2.11. The molecule has 1 N–H and O–H groups in total. The van der Waals surface area contributed by atoms with Crippen molar-refractivity contribution < 1.29 is 4.92 Å². The Kier molecular flexibility index (Phi) is 2.40. The summed E-state index contributed by atoms with van der Waals surface area (Å²) in [4.78, 5) is 13.4. The molecule has 0 bridgehead atoms. The maximum Gasteiger partial charge on any atom is 0.490 e. The second-order valence-corrected chi connectivity index (χ2v) is 3.26. The van der Waals surface area contributed by atoms with Crippen molar-refractivity contribution in [2.75, 3.05) is 13.1 Å². The lowest BCUT2D eigenvalue weighted by Gasteiger charge is -2.19. The van der Waals surface area contributed by atoms with E-state index < -0.39 is 4.92 Å². The second kappa shape index (κ2) is 3.70. The molecule has 0 radical (unpaired) electrons. The number of nitro groups is 1. The first kappa shape index (κ1) is 9.07. The van der Waals surface area contributed by atoms with Crippen LogP contribution in [0.1, 0.15) is 18.9 Å². The summed E-state index contributed by atoms with van der Waals surface area (Å²) in [6.45, 7) is 1.86. The van der Waals surface area contributed by atoms with Crippen LogP contribution in [0.5, 0.6) is 0 Å². The van der Waals surface area contributed by atoms with Gasteiger partial charge in [0.15, 0.2) is 0 Å². The zero-order valence-corrected chi connectivity index (χ0v) is 7.59. The summed E-state index contributed by atoms with van der Waals surface area (Å²) in [5.74, 6) is -0.316. The van der Waals surface area contributed by atoms with Crippen LogP contribution >= 0.6 is 0 Å². The molecule has 1 fully saturated rings. The van der Waals surface area contributed by atoms with Crippen LogP contribution in [0.4, 0.5) is 5.95 Å². The molecular weight excluding hydrogens is 186 g/mol. The predicted octanol–water partition coefficient (Wildman–Crippen LogP) is 0.111. The van der Waals surface area contributed by atoms with E-state index in [-0.39, 0.29) is 12.0 Å². The molecule has 0 amide bonds. The maximum absolute atomic E-state index is 10.4. The highest BCUT2D eigenvalue weighted by molar-refractivity contribution is 4.98. The fourth-order valence-corrected chi connectivity index (χ4v) is 1.60.